The highest BCUT2D eigenvalue weighted by Gasteiger charge is 2.68. The average molecular weight is 529 g/mol. The highest BCUT2D eigenvalue weighted by Crippen LogP contribution is 2.51. The van der Waals surface area contributed by atoms with Gasteiger partial charge in [-0.05, 0) is 59.5 Å². The number of amides is 2. The molecule has 0 bridgehead atoms. The number of fused-ring (bicyclic) bond motifs is 1. The molecule has 0 radical (unpaired) electrons. The molecule has 0 aliphatic carbocycles. The van der Waals surface area contributed by atoms with Crippen molar-refractivity contribution in [3.63, 3.8) is 0 Å². The third-order valence-corrected chi connectivity index (χ3v) is 7.75. The number of aliphatic carboxylic acids is 1. The number of imide groups is 1. The van der Waals surface area contributed by atoms with Crippen LogP contribution in [0.25, 0.3) is 0 Å². The van der Waals surface area contributed by atoms with Crippen molar-refractivity contribution < 1.29 is 34.1 Å². The molecule has 39 heavy (non-hydrogen) atoms. The number of ether oxygens (including phenoxy) is 1. The molecule has 2 heterocycles. The number of nitrogens with one attached hydrogen (secondary N) is 1. The molecule has 5 rings (SSSR count). The summed E-state index contributed by atoms with van der Waals surface area (Å²) in [6.07, 6.45) is 0.692. The van der Waals surface area contributed by atoms with Crippen LogP contribution in [0, 0.1) is 11.8 Å². The van der Waals surface area contributed by atoms with Gasteiger partial charge in [0.05, 0.1) is 30.2 Å². The molecule has 3 aromatic rings. The van der Waals surface area contributed by atoms with Gasteiger partial charge in [-0.1, -0.05) is 43.3 Å². The Hall–Kier alpha value is -4.50. The summed E-state index contributed by atoms with van der Waals surface area (Å²) in [4.78, 5) is 54.0. The van der Waals surface area contributed by atoms with Gasteiger partial charge in [0.2, 0.25) is 11.8 Å². The third kappa shape index (κ3) is 4.34. The lowest BCUT2D eigenvalue weighted by Gasteiger charge is -2.31. The average Bonchev–Trinajstić information content (AvgIpc) is 3.43. The zero-order valence-electron chi connectivity index (χ0n) is 21.5. The third-order valence-electron chi connectivity index (χ3n) is 7.75. The number of rotatable bonds is 7. The summed E-state index contributed by atoms with van der Waals surface area (Å²) in [7, 11) is 1.27. The van der Waals surface area contributed by atoms with Gasteiger partial charge in [-0.3, -0.25) is 19.7 Å². The number of phenols is 1. The molecule has 0 aromatic heterocycles. The summed E-state index contributed by atoms with van der Waals surface area (Å²) in [5.74, 6) is -5.04. The molecule has 9 nitrogen and oxygen atoms in total. The van der Waals surface area contributed by atoms with Gasteiger partial charge in [0, 0.05) is 12.5 Å². The van der Waals surface area contributed by atoms with E-state index in [0.29, 0.717) is 22.4 Å². The number of carboxylic acid groups (broad SMARTS) is 1. The topological polar surface area (TPSA) is 133 Å². The van der Waals surface area contributed by atoms with Crippen molar-refractivity contribution in [1.29, 1.82) is 0 Å². The van der Waals surface area contributed by atoms with E-state index in [1.54, 1.807) is 48.5 Å². The second-order valence-electron chi connectivity index (χ2n) is 9.89. The number of esters is 1. The standard InChI is InChI=1S/C30H28N2O7/c1-3-17-4-12-21(13-5-17)32-26(34)23-24(27(32)35)30(29(37)38,16-18-6-14-22(33)15-7-18)31-25(23)19-8-10-20(11-9-19)28(36)39-2/h4-15,23-25,31,33H,3,16H2,1-2H3,(H,37,38). The Kier molecular flexibility index (Phi) is 6.69. The van der Waals surface area contributed by atoms with Crippen LogP contribution in [0.3, 0.4) is 0 Å². The van der Waals surface area contributed by atoms with Crippen LogP contribution in [0.15, 0.2) is 72.8 Å². The van der Waals surface area contributed by atoms with Crippen molar-refractivity contribution in [3.05, 3.63) is 95.1 Å². The van der Waals surface area contributed by atoms with Crippen LogP contribution in [0.2, 0.25) is 0 Å². The monoisotopic (exact) mass is 528 g/mol. The van der Waals surface area contributed by atoms with Crippen LogP contribution in [-0.2, 0) is 32.0 Å². The predicted molar refractivity (Wildman–Crippen MR) is 141 cm³/mol. The molecule has 0 saturated carbocycles. The number of nitrogens with zero attached hydrogens (tertiary/aromatic N) is 1. The lowest BCUT2D eigenvalue weighted by atomic mass is 9.76. The second-order valence-corrected chi connectivity index (χ2v) is 9.89. The van der Waals surface area contributed by atoms with Gasteiger partial charge in [-0.15, -0.1) is 0 Å². The van der Waals surface area contributed by atoms with Crippen molar-refractivity contribution >= 4 is 29.4 Å². The maximum atomic E-state index is 14.0. The zero-order chi connectivity index (χ0) is 27.9. The van der Waals surface area contributed by atoms with E-state index in [4.69, 9.17) is 4.74 Å². The van der Waals surface area contributed by atoms with Gasteiger partial charge < -0.3 is 14.9 Å². The summed E-state index contributed by atoms with van der Waals surface area (Å²) >= 11 is 0. The minimum Gasteiger partial charge on any atom is -0.508 e. The Balaban J connectivity index is 1.61. The lowest BCUT2D eigenvalue weighted by Crippen LogP contribution is -2.57. The number of benzene rings is 3. The van der Waals surface area contributed by atoms with Crippen LogP contribution < -0.4 is 10.2 Å². The summed E-state index contributed by atoms with van der Waals surface area (Å²) < 4.78 is 4.77. The first-order valence-corrected chi connectivity index (χ1v) is 12.6. The molecule has 2 amide bonds. The number of carboxylic acids is 1. The van der Waals surface area contributed by atoms with E-state index in [0.717, 1.165) is 16.9 Å². The van der Waals surface area contributed by atoms with Gasteiger partial charge in [-0.2, -0.15) is 0 Å². The minimum absolute atomic E-state index is 0.0257. The molecule has 200 valence electrons. The van der Waals surface area contributed by atoms with Gasteiger partial charge in [0.25, 0.3) is 0 Å². The quantitative estimate of drug-likeness (QED) is 0.314. The molecule has 2 aliphatic rings. The Morgan fingerprint density at radius 3 is 2.10 bits per heavy atom. The van der Waals surface area contributed by atoms with E-state index < -0.39 is 47.2 Å². The summed E-state index contributed by atoms with van der Waals surface area (Å²) in [6, 6.07) is 18.7. The molecule has 4 atom stereocenters. The number of methoxy groups -OCH3 is 1. The Morgan fingerprint density at radius 2 is 1.54 bits per heavy atom. The fourth-order valence-electron chi connectivity index (χ4n) is 5.74. The van der Waals surface area contributed by atoms with Crippen molar-refractivity contribution in [2.75, 3.05) is 12.0 Å². The van der Waals surface area contributed by atoms with Crippen molar-refractivity contribution in [2.24, 2.45) is 11.8 Å². The first kappa shape index (κ1) is 26.1. The Bertz CT molecular complexity index is 1430. The SMILES string of the molecule is CCc1ccc(N2C(=O)C3C(c4ccc(C(=O)OC)cc4)NC(Cc4ccc(O)cc4)(C(=O)O)C3C2=O)cc1. The summed E-state index contributed by atoms with van der Waals surface area (Å²) in [6.45, 7) is 2.00. The van der Waals surface area contributed by atoms with E-state index in [2.05, 4.69) is 5.32 Å². The van der Waals surface area contributed by atoms with Gasteiger partial charge >= 0.3 is 11.9 Å². The molecule has 0 spiro atoms. The smallest absolute Gasteiger partial charge is 0.337 e. The predicted octanol–water partition coefficient (Wildman–Crippen LogP) is 3.26. The number of carbonyl (C=O) groups excluding carboxylic acids is 3. The number of phenolic OH excluding ortho intramolecular Hbond substituents is 1. The van der Waals surface area contributed by atoms with E-state index in [9.17, 15) is 29.4 Å². The summed E-state index contributed by atoms with van der Waals surface area (Å²) in [5.41, 5.74) is 1.06. The number of hydrogen-bond acceptors (Lipinski definition) is 7. The van der Waals surface area contributed by atoms with Gasteiger partial charge in [-0.25, -0.2) is 9.69 Å². The molecule has 4 unspecified atom stereocenters. The number of hydrogen-bond donors (Lipinski definition) is 3. The fourth-order valence-corrected chi connectivity index (χ4v) is 5.74. The zero-order valence-corrected chi connectivity index (χ0v) is 21.5. The van der Waals surface area contributed by atoms with E-state index in [-0.39, 0.29) is 12.2 Å². The molecule has 3 N–H and O–H groups in total. The molecular weight excluding hydrogens is 500 g/mol. The van der Waals surface area contributed by atoms with Crippen LogP contribution in [0.5, 0.6) is 5.75 Å². The number of carbonyl (C=O) groups is 4. The fraction of sp³-hybridized carbons (Fsp3) is 0.267. The van der Waals surface area contributed by atoms with Gasteiger partial charge in [0.15, 0.2) is 0 Å². The largest absolute Gasteiger partial charge is 0.508 e. The van der Waals surface area contributed by atoms with E-state index in [1.165, 1.54) is 19.2 Å². The minimum atomic E-state index is -1.81. The van der Waals surface area contributed by atoms with Crippen LogP contribution in [-0.4, -0.2) is 46.6 Å². The van der Waals surface area contributed by atoms with Crippen LogP contribution in [0.4, 0.5) is 5.69 Å². The number of anilines is 1. The molecule has 3 aromatic carbocycles. The molecule has 2 saturated heterocycles. The highest BCUT2D eigenvalue weighted by atomic mass is 16.5. The van der Waals surface area contributed by atoms with Crippen molar-refractivity contribution in [1.82, 2.24) is 5.32 Å². The van der Waals surface area contributed by atoms with Crippen LogP contribution in [0.1, 0.15) is 40.0 Å². The Labute approximate surface area is 225 Å². The Morgan fingerprint density at radius 1 is 0.923 bits per heavy atom. The first-order chi connectivity index (χ1) is 18.7. The maximum Gasteiger partial charge on any atom is 0.337 e. The number of aromatic hydroxyl groups is 1. The molecule has 2 fully saturated rings. The molecular formula is C30H28N2O7. The molecule has 2 aliphatic heterocycles. The van der Waals surface area contributed by atoms with Crippen molar-refractivity contribution in [2.45, 2.75) is 31.3 Å². The van der Waals surface area contributed by atoms with Gasteiger partial charge in [0.1, 0.15) is 11.3 Å². The van der Waals surface area contributed by atoms with E-state index in [1.807, 2.05) is 19.1 Å². The first-order valence-electron chi connectivity index (χ1n) is 12.6. The van der Waals surface area contributed by atoms with E-state index >= 15 is 0 Å². The summed E-state index contributed by atoms with van der Waals surface area (Å²) in [5, 5.41) is 23.5. The second kappa shape index (κ2) is 9.99. The maximum absolute atomic E-state index is 14.0. The number of aryl methyl sites for hydroxylation is 1. The lowest BCUT2D eigenvalue weighted by molar-refractivity contribution is -0.148. The van der Waals surface area contributed by atoms with Crippen molar-refractivity contribution in [3.8, 4) is 5.75 Å². The molecule has 9 heteroatoms. The van der Waals surface area contributed by atoms with Crippen LogP contribution >= 0.6 is 0 Å². The highest BCUT2D eigenvalue weighted by molar-refractivity contribution is 6.24. The normalized spacial score (nSPS) is 24.1.